The molecule has 0 N–H and O–H groups in total. The summed E-state index contributed by atoms with van der Waals surface area (Å²) in [5, 5.41) is 4.15. The Bertz CT molecular complexity index is 877. The van der Waals surface area contributed by atoms with Crippen LogP contribution in [0.2, 0.25) is 5.02 Å². The molecule has 1 aliphatic heterocycles. The number of halogens is 1. The van der Waals surface area contributed by atoms with Gasteiger partial charge in [0.25, 0.3) is 0 Å². The summed E-state index contributed by atoms with van der Waals surface area (Å²) in [6.07, 6.45) is 3.51. The molecule has 0 spiro atoms. The SMILES string of the molecule is O=c1oc2c(ccc3sccc32)c(N2CCCCC2)c1Cl. The van der Waals surface area contributed by atoms with Crippen molar-refractivity contribution in [2.45, 2.75) is 19.3 Å². The van der Waals surface area contributed by atoms with Crippen LogP contribution in [-0.4, -0.2) is 13.1 Å². The Kier molecular flexibility index (Phi) is 3.16. The Morgan fingerprint density at radius 1 is 1.10 bits per heavy atom. The molecular weight excluding hydrogens is 306 g/mol. The molecule has 2 aromatic heterocycles. The monoisotopic (exact) mass is 319 g/mol. The first-order valence-electron chi connectivity index (χ1n) is 7.13. The van der Waals surface area contributed by atoms with Gasteiger partial charge in [-0.05, 0) is 42.8 Å². The summed E-state index contributed by atoms with van der Waals surface area (Å²) in [5.74, 6) is 0. The number of benzene rings is 1. The highest BCUT2D eigenvalue weighted by molar-refractivity contribution is 7.17. The van der Waals surface area contributed by atoms with Crippen molar-refractivity contribution in [1.82, 2.24) is 0 Å². The summed E-state index contributed by atoms with van der Waals surface area (Å²) >= 11 is 7.93. The van der Waals surface area contributed by atoms with Gasteiger partial charge in [-0.2, -0.15) is 0 Å². The molecule has 1 aliphatic rings. The largest absolute Gasteiger partial charge is 0.421 e. The highest BCUT2D eigenvalue weighted by atomic mass is 35.5. The minimum absolute atomic E-state index is 0.207. The topological polar surface area (TPSA) is 33.5 Å². The Morgan fingerprint density at radius 3 is 2.71 bits per heavy atom. The van der Waals surface area contributed by atoms with Crippen LogP contribution < -0.4 is 10.5 Å². The fourth-order valence-electron chi connectivity index (χ4n) is 3.09. The Balaban J connectivity index is 2.07. The van der Waals surface area contributed by atoms with Crippen molar-refractivity contribution in [3.05, 3.63) is 39.0 Å². The van der Waals surface area contributed by atoms with E-state index in [9.17, 15) is 4.79 Å². The number of hydrogen-bond acceptors (Lipinski definition) is 4. The molecule has 108 valence electrons. The molecule has 5 heteroatoms. The van der Waals surface area contributed by atoms with Gasteiger partial charge in [-0.25, -0.2) is 4.79 Å². The molecule has 0 bridgehead atoms. The molecule has 21 heavy (non-hydrogen) atoms. The van der Waals surface area contributed by atoms with Crippen LogP contribution in [0.4, 0.5) is 5.69 Å². The summed E-state index contributed by atoms with van der Waals surface area (Å²) in [6, 6.07) is 6.10. The third kappa shape index (κ3) is 2.05. The van der Waals surface area contributed by atoms with E-state index in [0.29, 0.717) is 5.58 Å². The third-order valence-corrected chi connectivity index (χ3v) is 5.31. The molecule has 0 saturated carbocycles. The van der Waals surface area contributed by atoms with Crippen LogP contribution >= 0.6 is 22.9 Å². The fraction of sp³-hybridized carbons (Fsp3) is 0.312. The first kappa shape index (κ1) is 13.2. The molecule has 0 aliphatic carbocycles. The van der Waals surface area contributed by atoms with Crippen molar-refractivity contribution >= 4 is 49.7 Å². The van der Waals surface area contributed by atoms with Gasteiger partial charge >= 0.3 is 5.63 Å². The first-order valence-corrected chi connectivity index (χ1v) is 8.39. The second kappa shape index (κ2) is 5.04. The average Bonchev–Trinajstić information content (AvgIpc) is 2.98. The van der Waals surface area contributed by atoms with Crippen molar-refractivity contribution in [3.63, 3.8) is 0 Å². The van der Waals surface area contributed by atoms with Gasteiger partial charge in [0.05, 0.1) is 5.69 Å². The van der Waals surface area contributed by atoms with Gasteiger partial charge in [0.15, 0.2) is 0 Å². The van der Waals surface area contributed by atoms with Gasteiger partial charge in [0.2, 0.25) is 0 Å². The second-order valence-electron chi connectivity index (χ2n) is 5.37. The lowest BCUT2D eigenvalue weighted by molar-refractivity contribution is 0.555. The van der Waals surface area contributed by atoms with E-state index in [0.717, 1.165) is 47.1 Å². The van der Waals surface area contributed by atoms with E-state index in [4.69, 9.17) is 16.0 Å². The van der Waals surface area contributed by atoms with Gasteiger partial charge in [0.1, 0.15) is 10.6 Å². The number of rotatable bonds is 1. The number of fused-ring (bicyclic) bond motifs is 3. The van der Waals surface area contributed by atoms with Crippen LogP contribution in [0, 0.1) is 0 Å². The molecule has 3 aromatic rings. The van der Waals surface area contributed by atoms with Crippen molar-refractivity contribution in [2.24, 2.45) is 0 Å². The molecule has 1 aromatic carbocycles. The molecule has 0 atom stereocenters. The normalized spacial score (nSPS) is 16.0. The van der Waals surface area contributed by atoms with Gasteiger partial charge in [-0.3, -0.25) is 0 Å². The maximum Gasteiger partial charge on any atom is 0.357 e. The first-order chi connectivity index (χ1) is 10.3. The van der Waals surface area contributed by atoms with Crippen molar-refractivity contribution in [2.75, 3.05) is 18.0 Å². The number of hydrogen-bond donors (Lipinski definition) is 0. The molecule has 4 rings (SSSR count). The van der Waals surface area contributed by atoms with Crippen LogP contribution in [0.25, 0.3) is 21.1 Å². The predicted octanol–water partition coefficient (Wildman–Crippen LogP) is 4.65. The standard InChI is InChI=1S/C16H14ClNO2S/c17-13-14(18-7-2-1-3-8-18)11-4-5-12-10(6-9-21-12)15(11)20-16(13)19/h4-6,9H,1-3,7-8H2. The Morgan fingerprint density at radius 2 is 1.90 bits per heavy atom. The van der Waals surface area contributed by atoms with Crippen molar-refractivity contribution in [3.8, 4) is 0 Å². The fourth-order valence-corrected chi connectivity index (χ4v) is 4.14. The Labute approximate surface area is 130 Å². The maximum absolute atomic E-state index is 12.1. The zero-order valence-electron chi connectivity index (χ0n) is 11.4. The maximum atomic E-state index is 12.1. The zero-order chi connectivity index (χ0) is 14.4. The lowest BCUT2D eigenvalue weighted by Crippen LogP contribution is -2.30. The summed E-state index contributed by atoms with van der Waals surface area (Å²) in [4.78, 5) is 14.4. The minimum atomic E-state index is -0.441. The minimum Gasteiger partial charge on any atom is -0.421 e. The van der Waals surface area contributed by atoms with Gasteiger partial charge < -0.3 is 9.32 Å². The zero-order valence-corrected chi connectivity index (χ0v) is 13.0. The summed E-state index contributed by atoms with van der Waals surface area (Å²) in [6.45, 7) is 1.89. The van der Waals surface area contributed by atoms with Gasteiger partial charge in [0, 0.05) is 28.6 Å². The number of thiophene rings is 1. The van der Waals surface area contributed by atoms with E-state index >= 15 is 0 Å². The van der Waals surface area contributed by atoms with Gasteiger partial charge in [-0.1, -0.05) is 11.6 Å². The number of nitrogens with zero attached hydrogens (tertiary/aromatic N) is 1. The van der Waals surface area contributed by atoms with Gasteiger partial charge in [-0.15, -0.1) is 11.3 Å². The van der Waals surface area contributed by atoms with Crippen LogP contribution in [0.15, 0.2) is 32.8 Å². The summed E-state index contributed by atoms with van der Waals surface area (Å²) in [7, 11) is 0. The summed E-state index contributed by atoms with van der Waals surface area (Å²) in [5.41, 5.74) is 1.06. The highest BCUT2D eigenvalue weighted by Crippen LogP contribution is 2.37. The third-order valence-electron chi connectivity index (χ3n) is 4.10. The van der Waals surface area contributed by atoms with E-state index in [2.05, 4.69) is 11.0 Å². The molecule has 3 nitrogen and oxygen atoms in total. The van der Waals surface area contributed by atoms with Crippen molar-refractivity contribution in [1.29, 1.82) is 0 Å². The average molecular weight is 320 g/mol. The summed E-state index contributed by atoms with van der Waals surface area (Å²) < 4.78 is 6.61. The van der Waals surface area contributed by atoms with Crippen LogP contribution in [0.1, 0.15) is 19.3 Å². The van der Waals surface area contributed by atoms with E-state index in [1.807, 2.05) is 17.5 Å². The molecule has 0 radical (unpaired) electrons. The molecule has 1 saturated heterocycles. The molecular formula is C16H14ClNO2S. The smallest absolute Gasteiger partial charge is 0.357 e. The lowest BCUT2D eigenvalue weighted by Gasteiger charge is -2.30. The quantitative estimate of drug-likeness (QED) is 0.612. The second-order valence-corrected chi connectivity index (χ2v) is 6.70. The molecule has 1 fully saturated rings. The van der Waals surface area contributed by atoms with E-state index in [1.54, 1.807) is 11.3 Å². The molecule has 3 heterocycles. The predicted molar refractivity (Wildman–Crippen MR) is 88.9 cm³/mol. The van der Waals surface area contributed by atoms with Crippen molar-refractivity contribution < 1.29 is 4.42 Å². The number of piperidine rings is 1. The van der Waals surface area contributed by atoms with Crippen LogP contribution in [0.3, 0.4) is 0 Å². The van der Waals surface area contributed by atoms with E-state index < -0.39 is 5.63 Å². The van der Waals surface area contributed by atoms with Crippen LogP contribution in [-0.2, 0) is 0 Å². The van der Waals surface area contributed by atoms with E-state index in [-0.39, 0.29) is 5.02 Å². The Hall–Kier alpha value is -1.52. The van der Waals surface area contributed by atoms with E-state index in [1.165, 1.54) is 6.42 Å². The molecule has 0 unspecified atom stereocenters. The molecule has 0 amide bonds. The van der Waals surface area contributed by atoms with Crippen LogP contribution in [0.5, 0.6) is 0 Å². The highest BCUT2D eigenvalue weighted by Gasteiger charge is 2.21. The lowest BCUT2D eigenvalue weighted by atomic mass is 10.1. The number of anilines is 1.